The zero-order valence-electron chi connectivity index (χ0n) is 10.3. The number of rotatable bonds is 4. The molecule has 0 radical (unpaired) electrons. The van der Waals surface area contributed by atoms with Crippen LogP contribution in [-0.2, 0) is 0 Å². The summed E-state index contributed by atoms with van der Waals surface area (Å²) >= 11 is 9.20. The van der Waals surface area contributed by atoms with Crippen molar-refractivity contribution in [2.45, 2.75) is 0 Å². The molecule has 0 N–H and O–H groups in total. The van der Waals surface area contributed by atoms with E-state index in [1.165, 1.54) is 6.07 Å². The van der Waals surface area contributed by atoms with Gasteiger partial charge in [0.25, 0.3) is 0 Å². The molecule has 0 atom stereocenters. The molecular formula is C15H9BrClNO2. The summed E-state index contributed by atoms with van der Waals surface area (Å²) in [6, 6.07) is 13.7. The highest BCUT2D eigenvalue weighted by Crippen LogP contribution is 2.22. The van der Waals surface area contributed by atoms with Crippen molar-refractivity contribution in [1.29, 1.82) is 5.26 Å². The monoisotopic (exact) mass is 349 g/mol. The van der Waals surface area contributed by atoms with Crippen molar-refractivity contribution in [1.82, 2.24) is 0 Å². The van der Waals surface area contributed by atoms with Crippen LogP contribution in [0.15, 0.2) is 46.9 Å². The average molecular weight is 351 g/mol. The summed E-state index contributed by atoms with van der Waals surface area (Å²) in [5, 5.41) is 9.07. The molecule has 0 amide bonds. The zero-order valence-corrected chi connectivity index (χ0v) is 12.6. The molecule has 0 fully saturated rings. The molecule has 2 aromatic carbocycles. The number of nitriles is 1. The predicted octanol–water partition coefficient (Wildman–Crippen LogP) is 4.24. The summed E-state index contributed by atoms with van der Waals surface area (Å²) in [5.41, 5.74) is 0.941. The first-order chi connectivity index (χ1) is 9.60. The Morgan fingerprint density at radius 3 is 2.75 bits per heavy atom. The Balaban J connectivity index is 2.04. The molecular weight excluding hydrogens is 342 g/mol. The quantitative estimate of drug-likeness (QED) is 0.775. The van der Waals surface area contributed by atoms with Crippen LogP contribution in [0.2, 0.25) is 5.02 Å². The van der Waals surface area contributed by atoms with Crippen molar-refractivity contribution in [3.63, 3.8) is 0 Å². The van der Waals surface area contributed by atoms with Crippen molar-refractivity contribution in [2.75, 3.05) is 6.61 Å². The summed E-state index contributed by atoms with van der Waals surface area (Å²) in [6.45, 7) is -0.0846. The molecule has 0 unspecified atom stereocenters. The Morgan fingerprint density at radius 1 is 1.30 bits per heavy atom. The molecule has 0 aliphatic carbocycles. The number of benzene rings is 2. The predicted molar refractivity (Wildman–Crippen MR) is 80.1 cm³/mol. The summed E-state index contributed by atoms with van der Waals surface area (Å²) in [7, 11) is 0. The second-order valence-corrected chi connectivity index (χ2v) is 5.30. The van der Waals surface area contributed by atoms with Crippen LogP contribution in [0.4, 0.5) is 0 Å². The SMILES string of the molecule is N#Cc1ccc(OCC(=O)c2cccc(Br)c2)cc1Cl. The first kappa shape index (κ1) is 14.6. The second kappa shape index (κ2) is 6.56. The third-order valence-electron chi connectivity index (χ3n) is 2.58. The number of hydrogen-bond acceptors (Lipinski definition) is 3. The average Bonchev–Trinajstić information content (AvgIpc) is 2.45. The van der Waals surface area contributed by atoms with Gasteiger partial charge in [-0.1, -0.05) is 39.7 Å². The molecule has 0 heterocycles. The lowest BCUT2D eigenvalue weighted by atomic mass is 10.1. The fraction of sp³-hybridized carbons (Fsp3) is 0.0667. The number of Topliss-reactive ketones (excluding diaryl/α,β-unsaturated/α-hetero) is 1. The number of ether oxygens (including phenoxy) is 1. The molecule has 0 aliphatic rings. The van der Waals surface area contributed by atoms with Gasteiger partial charge in [0.05, 0.1) is 10.6 Å². The molecule has 100 valence electrons. The van der Waals surface area contributed by atoms with Crippen LogP contribution in [0.25, 0.3) is 0 Å². The van der Waals surface area contributed by atoms with Crippen molar-refractivity contribution in [3.05, 3.63) is 63.1 Å². The highest BCUT2D eigenvalue weighted by Gasteiger charge is 2.08. The van der Waals surface area contributed by atoms with E-state index < -0.39 is 0 Å². The molecule has 2 aromatic rings. The van der Waals surface area contributed by atoms with Gasteiger partial charge in [0.2, 0.25) is 0 Å². The Labute approximate surface area is 129 Å². The zero-order chi connectivity index (χ0) is 14.5. The van der Waals surface area contributed by atoms with Crippen LogP contribution in [0, 0.1) is 11.3 Å². The lowest BCUT2D eigenvalue weighted by molar-refractivity contribution is 0.0921. The van der Waals surface area contributed by atoms with E-state index >= 15 is 0 Å². The number of halogens is 2. The topological polar surface area (TPSA) is 50.1 Å². The van der Waals surface area contributed by atoms with E-state index in [9.17, 15) is 4.79 Å². The molecule has 0 spiro atoms. The highest BCUT2D eigenvalue weighted by atomic mass is 79.9. The van der Waals surface area contributed by atoms with Gasteiger partial charge in [-0.3, -0.25) is 4.79 Å². The van der Waals surface area contributed by atoms with Crippen LogP contribution < -0.4 is 4.74 Å². The van der Waals surface area contributed by atoms with Crippen LogP contribution >= 0.6 is 27.5 Å². The first-order valence-corrected chi connectivity index (χ1v) is 6.88. The Bertz CT molecular complexity index is 695. The lowest BCUT2D eigenvalue weighted by Crippen LogP contribution is -2.11. The smallest absolute Gasteiger partial charge is 0.200 e. The summed E-state index contributed by atoms with van der Waals surface area (Å²) in [5.74, 6) is 0.323. The summed E-state index contributed by atoms with van der Waals surface area (Å²) in [4.78, 5) is 11.9. The molecule has 20 heavy (non-hydrogen) atoms. The highest BCUT2D eigenvalue weighted by molar-refractivity contribution is 9.10. The minimum absolute atomic E-state index is 0.0846. The fourth-order valence-electron chi connectivity index (χ4n) is 1.57. The van der Waals surface area contributed by atoms with E-state index in [1.807, 2.05) is 12.1 Å². The number of ketones is 1. The minimum Gasteiger partial charge on any atom is -0.485 e. The Morgan fingerprint density at radius 2 is 2.10 bits per heavy atom. The first-order valence-electron chi connectivity index (χ1n) is 5.71. The number of nitrogens with zero attached hydrogens (tertiary/aromatic N) is 1. The molecule has 0 aromatic heterocycles. The molecule has 0 bridgehead atoms. The molecule has 0 aliphatic heterocycles. The van der Waals surface area contributed by atoms with E-state index in [4.69, 9.17) is 21.6 Å². The second-order valence-electron chi connectivity index (χ2n) is 3.98. The third kappa shape index (κ3) is 3.60. The van der Waals surface area contributed by atoms with Gasteiger partial charge < -0.3 is 4.74 Å². The van der Waals surface area contributed by atoms with E-state index in [1.54, 1.807) is 30.3 Å². The molecule has 0 saturated carbocycles. The van der Waals surface area contributed by atoms with E-state index in [2.05, 4.69) is 15.9 Å². The van der Waals surface area contributed by atoms with Gasteiger partial charge in [-0.05, 0) is 24.3 Å². The van der Waals surface area contributed by atoms with E-state index in [0.29, 0.717) is 21.9 Å². The minimum atomic E-state index is -0.133. The van der Waals surface area contributed by atoms with Crippen LogP contribution in [0.1, 0.15) is 15.9 Å². The molecule has 2 rings (SSSR count). The standard InChI is InChI=1S/C15H9BrClNO2/c16-12-3-1-2-10(6-12)15(19)9-20-13-5-4-11(8-18)14(17)7-13/h1-7H,9H2. The van der Waals surface area contributed by atoms with Crippen molar-refractivity contribution < 1.29 is 9.53 Å². The van der Waals surface area contributed by atoms with Crippen LogP contribution in [-0.4, -0.2) is 12.4 Å². The summed E-state index contributed by atoms with van der Waals surface area (Å²) in [6.07, 6.45) is 0. The van der Waals surface area contributed by atoms with Gasteiger partial charge >= 0.3 is 0 Å². The normalized spacial score (nSPS) is 9.85. The molecule has 3 nitrogen and oxygen atoms in total. The maximum atomic E-state index is 11.9. The van der Waals surface area contributed by atoms with Gasteiger partial charge in [0, 0.05) is 16.1 Å². The van der Waals surface area contributed by atoms with Crippen LogP contribution in [0.3, 0.4) is 0 Å². The number of carbonyl (C=O) groups excluding carboxylic acids is 1. The van der Waals surface area contributed by atoms with Crippen molar-refractivity contribution in [3.8, 4) is 11.8 Å². The number of carbonyl (C=O) groups is 1. The van der Waals surface area contributed by atoms with Gasteiger partial charge in [0.1, 0.15) is 11.8 Å². The largest absolute Gasteiger partial charge is 0.485 e. The molecule has 5 heteroatoms. The maximum absolute atomic E-state index is 11.9. The van der Waals surface area contributed by atoms with E-state index in [-0.39, 0.29) is 12.4 Å². The van der Waals surface area contributed by atoms with Crippen molar-refractivity contribution >= 4 is 33.3 Å². The summed E-state index contributed by atoms with van der Waals surface area (Å²) < 4.78 is 6.22. The Kier molecular flexibility index (Phi) is 4.78. The third-order valence-corrected chi connectivity index (χ3v) is 3.38. The fourth-order valence-corrected chi connectivity index (χ4v) is 2.18. The van der Waals surface area contributed by atoms with Gasteiger partial charge in [-0.2, -0.15) is 5.26 Å². The van der Waals surface area contributed by atoms with Gasteiger partial charge in [-0.25, -0.2) is 0 Å². The molecule has 0 saturated heterocycles. The van der Waals surface area contributed by atoms with Gasteiger partial charge in [-0.15, -0.1) is 0 Å². The van der Waals surface area contributed by atoms with Crippen LogP contribution in [0.5, 0.6) is 5.75 Å². The number of hydrogen-bond donors (Lipinski definition) is 0. The van der Waals surface area contributed by atoms with Crippen molar-refractivity contribution in [2.24, 2.45) is 0 Å². The van der Waals surface area contributed by atoms with E-state index in [0.717, 1.165) is 4.47 Å². The maximum Gasteiger partial charge on any atom is 0.200 e. The Hall–Kier alpha value is -1.83. The lowest BCUT2D eigenvalue weighted by Gasteiger charge is -2.06. The van der Waals surface area contributed by atoms with Gasteiger partial charge in [0.15, 0.2) is 12.4 Å².